The maximum Gasteiger partial charge on any atom is 0.282 e. The minimum Gasteiger partial charge on any atom is -0.497 e. The number of hydrogen-bond acceptors (Lipinski definition) is 7. The molecule has 1 N–H and O–H groups in total. The van der Waals surface area contributed by atoms with Crippen molar-refractivity contribution in [3.05, 3.63) is 70.6 Å². The number of carbonyl (C=O) groups is 2. The predicted molar refractivity (Wildman–Crippen MR) is 125 cm³/mol. The summed E-state index contributed by atoms with van der Waals surface area (Å²) < 4.78 is 16.3. The Hall–Kier alpha value is -3.78. The van der Waals surface area contributed by atoms with Crippen molar-refractivity contribution in [2.24, 2.45) is 0 Å². The van der Waals surface area contributed by atoms with Crippen LogP contribution in [0, 0.1) is 0 Å². The van der Waals surface area contributed by atoms with Crippen LogP contribution in [0.2, 0.25) is 0 Å². The van der Waals surface area contributed by atoms with Gasteiger partial charge in [0.1, 0.15) is 22.9 Å². The number of ether oxygens (including phenoxy) is 3. The predicted octanol–water partition coefficient (Wildman–Crippen LogP) is 4.56. The Morgan fingerprint density at radius 2 is 1.66 bits per heavy atom. The van der Waals surface area contributed by atoms with E-state index in [1.54, 1.807) is 56.7 Å². The first-order valence-electron chi connectivity index (χ1n) is 9.96. The van der Waals surface area contributed by atoms with Crippen molar-refractivity contribution >= 4 is 40.1 Å². The number of nitrogens with zero attached hydrogens (tertiary/aromatic N) is 1. The van der Waals surface area contributed by atoms with Crippen LogP contribution in [0.1, 0.15) is 11.8 Å². The smallest absolute Gasteiger partial charge is 0.282 e. The molecule has 164 valence electrons. The molecule has 0 saturated carbocycles. The highest BCUT2D eigenvalue weighted by Gasteiger charge is 2.41. The molecule has 1 aliphatic rings. The van der Waals surface area contributed by atoms with Gasteiger partial charge in [0, 0.05) is 28.8 Å². The SMILES string of the molecule is CCOc1ccccc1N1C(=O)C(Nc2cc(OC)cc(OC)c2)=C(c2cccs2)C1=O. The van der Waals surface area contributed by atoms with Crippen molar-refractivity contribution in [2.75, 3.05) is 31.0 Å². The summed E-state index contributed by atoms with van der Waals surface area (Å²) >= 11 is 1.39. The summed E-state index contributed by atoms with van der Waals surface area (Å²) in [6.45, 7) is 2.26. The van der Waals surface area contributed by atoms with Gasteiger partial charge in [0.15, 0.2) is 0 Å². The first-order valence-corrected chi connectivity index (χ1v) is 10.8. The molecule has 4 rings (SSSR count). The van der Waals surface area contributed by atoms with E-state index in [1.807, 2.05) is 24.4 Å². The van der Waals surface area contributed by atoms with E-state index in [1.165, 1.54) is 11.3 Å². The van der Waals surface area contributed by atoms with E-state index >= 15 is 0 Å². The second-order valence-electron chi connectivity index (χ2n) is 6.80. The number of benzene rings is 2. The summed E-state index contributed by atoms with van der Waals surface area (Å²) in [5.74, 6) is 0.696. The molecule has 0 aliphatic carbocycles. The summed E-state index contributed by atoms with van der Waals surface area (Å²) in [5, 5.41) is 5.00. The quantitative estimate of drug-likeness (QED) is 0.507. The van der Waals surface area contributed by atoms with Gasteiger partial charge in [0.25, 0.3) is 11.8 Å². The van der Waals surface area contributed by atoms with E-state index in [9.17, 15) is 9.59 Å². The van der Waals surface area contributed by atoms with Gasteiger partial charge in [-0.25, -0.2) is 4.90 Å². The molecule has 0 unspecified atom stereocenters. The van der Waals surface area contributed by atoms with Crippen LogP contribution in [-0.2, 0) is 9.59 Å². The maximum absolute atomic E-state index is 13.6. The lowest BCUT2D eigenvalue weighted by Gasteiger charge is -2.19. The van der Waals surface area contributed by atoms with Crippen LogP contribution in [0.15, 0.2) is 65.7 Å². The topological polar surface area (TPSA) is 77.1 Å². The van der Waals surface area contributed by atoms with E-state index in [2.05, 4.69) is 5.32 Å². The summed E-state index contributed by atoms with van der Waals surface area (Å²) in [7, 11) is 3.09. The molecular formula is C24H22N2O5S. The van der Waals surface area contributed by atoms with Gasteiger partial charge >= 0.3 is 0 Å². The van der Waals surface area contributed by atoms with Crippen LogP contribution < -0.4 is 24.4 Å². The largest absolute Gasteiger partial charge is 0.497 e. The van der Waals surface area contributed by atoms with E-state index < -0.39 is 11.8 Å². The minimum atomic E-state index is -0.465. The van der Waals surface area contributed by atoms with E-state index in [-0.39, 0.29) is 5.70 Å². The molecule has 2 aromatic carbocycles. The van der Waals surface area contributed by atoms with E-state index in [0.717, 1.165) is 4.90 Å². The van der Waals surface area contributed by atoms with Crippen molar-refractivity contribution < 1.29 is 23.8 Å². The van der Waals surface area contributed by atoms with Gasteiger partial charge in [-0.2, -0.15) is 0 Å². The molecule has 0 saturated heterocycles. The second kappa shape index (κ2) is 9.15. The van der Waals surface area contributed by atoms with Crippen molar-refractivity contribution in [1.29, 1.82) is 0 Å². The van der Waals surface area contributed by atoms with Crippen molar-refractivity contribution in [3.8, 4) is 17.2 Å². The molecule has 2 heterocycles. The minimum absolute atomic E-state index is 0.180. The Morgan fingerprint density at radius 1 is 0.938 bits per heavy atom. The zero-order valence-electron chi connectivity index (χ0n) is 17.9. The molecule has 2 amide bonds. The Kier molecular flexibility index (Phi) is 6.13. The van der Waals surface area contributed by atoms with Crippen LogP contribution >= 0.6 is 11.3 Å². The number of amides is 2. The van der Waals surface area contributed by atoms with Crippen molar-refractivity contribution in [3.63, 3.8) is 0 Å². The van der Waals surface area contributed by atoms with Gasteiger partial charge in [-0.15, -0.1) is 11.3 Å². The van der Waals surface area contributed by atoms with Gasteiger partial charge in [-0.1, -0.05) is 18.2 Å². The normalized spacial score (nSPS) is 13.5. The lowest BCUT2D eigenvalue weighted by molar-refractivity contribution is -0.120. The van der Waals surface area contributed by atoms with E-state index in [0.29, 0.717) is 45.7 Å². The average molecular weight is 451 g/mol. The number of hydrogen-bond donors (Lipinski definition) is 1. The molecule has 0 spiro atoms. The molecule has 1 aliphatic heterocycles. The number of imide groups is 1. The highest BCUT2D eigenvalue weighted by atomic mass is 32.1. The van der Waals surface area contributed by atoms with Gasteiger partial charge in [-0.3, -0.25) is 9.59 Å². The Balaban J connectivity index is 1.81. The van der Waals surface area contributed by atoms with Gasteiger partial charge in [0.2, 0.25) is 0 Å². The molecule has 8 heteroatoms. The fraction of sp³-hybridized carbons (Fsp3) is 0.167. The number of carbonyl (C=O) groups excluding carboxylic acids is 2. The van der Waals surface area contributed by atoms with Crippen LogP contribution in [0.4, 0.5) is 11.4 Å². The standard InChI is InChI=1S/C24H22N2O5S/c1-4-31-19-9-6-5-8-18(19)26-23(27)21(20-10-7-11-32-20)22(24(26)28)25-15-12-16(29-2)14-17(13-15)30-3/h5-14,25H,4H2,1-3H3. The van der Waals surface area contributed by atoms with Crippen LogP contribution in [0.5, 0.6) is 17.2 Å². The van der Waals surface area contributed by atoms with Crippen LogP contribution in [0.3, 0.4) is 0 Å². The summed E-state index contributed by atoms with van der Waals surface area (Å²) in [5.41, 5.74) is 1.45. The average Bonchev–Trinajstić information content (AvgIpc) is 3.41. The molecule has 0 bridgehead atoms. The fourth-order valence-corrected chi connectivity index (χ4v) is 4.23. The van der Waals surface area contributed by atoms with Crippen LogP contribution in [0.25, 0.3) is 5.57 Å². The number of methoxy groups -OCH3 is 2. The molecule has 0 atom stereocenters. The number of rotatable bonds is 8. The first kappa shape index (κ1) is 21.5. The summed E-state index contributed by atoms with van der Waals surface area (Å²) in [6, 6.07) is 15.9. The zero-order chi connectivity index (χ0) is 22.7. The highest BCUT2D eigenvalue weighted by Crippen LogP contribution is 2.39. The number of nitrogens with one attached hydrogen (secondary N) is 1. The number of thiophene rings is 1. The van der Waals surface area contributed by atoms with Gasteiger partial charge in [0.05, 0.1) is 32.1 Å². The lowest BCUT2D eigenvalue weighted by atomic mass is 10.1. The molecule has 0 fully saturated rings. The van der Waals surface area contributed by atoms with Crippen molar-refractivity contribution in [1.82, 2.24) is 0 Å². The lowest BCUT2D eigenvalue weighted by Crippen LogP contribution is -2.32. The summed E-state index contributed by atoms with van der Waals surface area (Å²) in [4.78, 5) is 28.9. The Morgan fingerprint density at radius 3 is 2.28 bits per heavy atom. The second-order valence-corrected chi connectivity index (χ2v) is 7.75. The first-order chi connectivity index (χ1) is 15.6. The highest BCUT2D eigenvalue weighted by molar-refractivity contribution is 7.11. The summed E-state index contributed by atoms with van der Waals surface area (Å²) in [6.07, 6.45) is 0. The van der Waals surface area contributed by atoms with Crippen molar-refractivity contribution in [2.45, 2.75) is 6.92 Å². The Bertz CT molecular complexity index is 1160. The molecule has 32 heavy (non-hydrogen) atoms. The van der Waals surface area contributed by atoms with Crippen LogP contribution in [-0.4, -0.2) is 32.6 Å². The van der Waals surface area contributed by atoms with E-state index in [4.69, 9.17) is 14.2 Å². The maximum atomic E-state index is 13.6. The molecule has 0 radical (unpaired) electrons. The zero-order valence-corrected chi connectivity index (χ0v) is 18.7. The monoisotopic (exact) mass is 450 g/mol. The molecule has 3 aromatic rings. The Labute approximate surface area is 189 Å². The number of anilines is 2. The third-order valence-electron chi connectivity index (χ3n) is 4.88. The molecule has 1 aromatic heterocycles. The molecule has 7 nitrogen and oxygen atoms in total. The third-order valence-corrected chi connectivity index (χ3v) is 5.77. The number of para-hydroxylation sites is 2. The van der Waals surface area contributed by atoms with Gasteiger partial charge in [-0.05, 0) is 30.5 Å². The molecular weight excluding hydrogens is 428 g/mol. The third kappa shape index (κ3) is 3.92. The van der Waals surface area contributed by atoms with Gasteiger partial charge < -0.3 is 19.5 Å². The fourth-order valence-electron chi connectivity index (χ4n) is 3.46.